The summed E-state index contributed by atoms with van der Waals surface area (Å²) in [5.74, 6) is -1.24. The summed E-state index contributed by atoms with van der Waals surface area (Å²) in [6.07, 6.45) is 0. The molecule has 1 heterocycles. The highest BCUT2D eigenvalue weighted by molar-refractivity contribution is 7.13. The van der Waals surface area contributed by atoms with Gasteiger partial charge in [-0.3, -0.25) is 4.79 Å². The number of aromatic nitrogens is 1. The zero-order valence-corrected chi connectivity index (χ0v) is 17.0. The maximum absolute atomic E-state index is 13.9. The molecule has 6 heteroatoms. The number of halogens is 2. The number of benzene rings is 3. The maximum atomic E-state index is 13.9. The van der Waals surface area contributed by atoms with Crippen LogP contribution in [0.2, 0.25) is 5.02 Å². The van der Waals surface area contributed by atoms with Crippen molar-refractivity contribution in [3.8, 4) is 21.8 Å². The lowest BCUT2D eigenvalue weighted by Gasteiger charge is -2.08. The largest absolute Gasteiger partial charge is 0.322 e. The lowest BCUT2D eigenvalue weighted by molar-refractivity contribution is 0.102. The van der Waals surface area contributed by atoms with Gasteiger partial charge in [-0.15, -0.1) is 11.3 Å². The van der Waals surface area contributed by atoms with Crippen molar-refractivity contribution in [1.29, 1.82) is 0 Å². The third kappa shape index (κ3) is 4.06. The minimum Gasteiger partial charge on any atom is -0.322 e. The van der Waals surface area contributed by atoms with E-state index in [4.69, 9.17) is 16.6 Å². The number of thiazole rings is 1. The van der Waals surface area contributed by atoms with Crippen molar-refractivity contribution in [3.05, 3.63) is 94.1 Å². The van der Waals surface area contributed by atoms with E-state index >= 15 is 0 Å². The molecule has 0 radical (unpaired) electrons. The average molecular weight is 423 g/mol. The van der Waals surface area contributed by atoms with Gasteiger partial charge >= 0.3 is 0 Å². The van der Waals surface area contributed by atoms with Crippen LogP contribution in [0.4, 0.5) is 10.1 Å². The average Bonchev–Trinajstić information content (AvgIpc) is 3.19. The van der Waals surface area contributed by atoms with Gasteiger partial charge in [-0.2, -0.15) is 0 Å². The molecule has 0 atom stereocenters. The van der Waals surface area contributed by atoms with Gasteiger partial charge in [-0.05, 0) is 36.8 Å². The van der Waals surface area contributed by atoms with Crippen LogP contribution < -0.4 is 5.32 Å². The summed E-state index contributed by atoms with van der Waals surface area (Å²) in [7, 11) is 0. The van der Waals surface area contributed by atoms with E-state index in [1.165, 1.54) is 23.8 Å². The van der Waals surface area contributed by atoms with Crippen LogP contribution in [0.3, 0.4) is 0 Å². The van der Waals surface area contributed by atoms with E-state index in [9.17, 15) is 9.18 Å². The van der Waals surface area contributed by atoms with Gasteiger partial charge in [0.25, 0.3) is 5.91 Å². The highest BCUT2D eigenvalue weighted by atomic mass is 35.5. The molecule has 3 aromatic carbocycles. The number of nitrogens with one attached hydrogen (secondary N) is 1. The number of hydrogen-bond donors (Lipinski definition) is 1. The first-order chi connectivity index (χ1) is 14.0. The smallest absolute Gasteiger partial charge is 0.260 e. The van der Waals surface area contributed by atoms with Crippen molar-refractivity contribution >= 4 is 34.5 Å². The number of anilines is 1. The van der Waals surface area contributed by atoms with Gasteiger partial charge in [0.2, 0.25) is 0 Å². The fraction of sp³-hybridized carbons (Fsp3) is 0.0435. The normalized spacial score (nSPS) is 10.7. The standard InChI is InChI=1S/C23H16ClFN2OS/c1-14-5-2-3-6-17(14)23-27-20(13-29-23)15-9-11-16(12-10-15)26-22(28)21-18(24)7-4-8-19(21)25/h2-13H,1H3,(H,26,28). The summed E-state index contributed by atoms with van der Waals surface area (Å²) in [6.45, 7) is 2.07. The molecule has 1 amide bonds. The Bertz CT molecular complexity index is 1170. The maximum Gasteiger partial charge on any atom is 0.260 e. The molecule has 4 aromatic rings. The van der Waals surface area contributed by atoms with Gasteiger partial charge in [0.1, 0.15) is 10.8 Å². The van der Waals surface area contributed by atoms with E-state index in [1.54, 1.807) is 23.5 Å². The second-order valence-corrected chi connectivity index (χ2v) is 7.75. The molecular weight excluding hydrogens is 407 g/mol. The second kappa shape index (κ2) is 8.15. The summed E-state index contributed by atoms with van der Waals surface area (Å²) in [4.78, 5) is 17.1. The van der Waals surface area contributed by atoms with Gasteiger partial charge in [0, 0.05) is 22.2 Å². The molecule has 0 unspecified atom stereocenters. The number of amides is 1. The predicted octanol–water partition coefficient (Wildman–Crippen LogP) is 6.83. The Morgan fingerprint density at radius 2 is 1.79 bits per heavy atom. The van der Waals surface area contributed by atoms with Gasteiger partial charge in [0.15, 0.2) is 0 Å². The van der Waals surface area contributed by atoms with Crippen LogP contribution in [0.5, 0.6) is 0 Å². The molecule has 0 saturated carbocycles. The van der Waals surface area contributed by atoms with Crippen LogP contribution >= 0.6 is 22.9 Å². The van der Waals surface area contributed by atoms with Crippen LogP contribution in [0.1, 0.15) is 15.9 Å². The fourth-order valence-electron chi connectivity index (χ4n) is 2.98. The van der Waals surface area contributed by atoms with E-state index in [2.05, 4.69) is 24.4 Å². The molecule has 3 nitrogen and oxygen atoms in total. The Hall–Kier alpha value is -3.02. The van der Waals surface area contributed by atoms with E-state index in [0.717, 1.165) is 21.8 Å². The first-order valence-corrected chi connectivity index (χ1v) is 10.2. The SMILES string of the molecule is Cc1ccccc1-c1nc(-c2ccc(NC(=O)c3c(F)cccc3Cl)cc2)cs1. The van der Waals surface area contributed by atoms with Crippen LogP contribution in [0.15, 0.2) is 72.1 Å². The highest BCUT2D eigenvalue weighted by Gasteiger charge is 2.16. The molecule has 4 rings (SSSR count). The molecule has 0 aliphatic heterocycles. The van der Waals surface area contributed by atoms with Crippen molar-refractivity contribution in [2.75, 3.05) is 5.32 Å². The van der Waals surface area contributed by atoms with E-state index in [1.807, 2.05) is 29.6 Å². The predicted molar refractivity (Wildman–Crippen MR) is 117 cm³/mol. The molecular formula is C23H16ClFN2OS. The zero-order chi connectivity index (χ0) is 20.4. The van der Waals surface area contributed by atoms with Gasteiger partial charge in [-0.25, -0.2) is 9.37 Å². The molecule has 0 fully saturated rings. The van der Waals surface area contributed by atoms with Crippen molar-refractivity contribution in [2.45, 2.75) is 6.92 Å². The molecule has 144 valence electrons. The third-order valence-corrected chi connectivity index (χ3v) is 5.70. The number of rotatable bonds is 4. The second-order valence-electron chi connectivity index (χ2n) is 6.48. The third-order valence-electron chi connectivity index (χ3n) is 4.51. The number of nitrogens with zero attached hydrogens (tertiary/aromatic N) is 1. The van der Waals surface area contributed by atoms with Crippen LogP contribution in [0.25, 0.3) is 21.8 Å². The van der Waals surface area contributed by atoms with E-state index in [0.29, 0.717) is 5.69 Å². The quantitative estimate of drug-likeness (QED) is 0.391. The first-order valence-electron chi connectivity index (χ1n) is 8.90. The van der Waals surface area contributed by atoms with Crippen LogP contribution in [-0.4, -0.2) is 10.9 Å². The topological polar surface area (TPSA) is 42.0 Å². The van der Waals surface area contributed by atoms with Crippen molar-refractivity contribution in [3.63, 3.8) is 0 Å². The zero-order valence-electron chi connectivity index (χ0n) is 15.4. The molecule has 0 saturated heterocycles. The lowest BCUT2D eigenvalue weighted by Crippen LogP contribution is -2.14. The number of aryl methyl sites for hydroxylation is 1. The molecule has 1 N–H and O–H groups in total. The van der Waals surface area contributed by atoms with Crippen molar-refractivity contribution < 1.29 is 9.18 Å². The summed E-state index contributed by atoms with van der Waals surface area (Å²) in [5, 5.41) is 5.72. The summed E-state index contributed by atoms with van der Waals surface area (Å²) >= 11 is 7.54. The summed E-state index contributed by atoms with van der Waals surface area (Å²) < 4.78 is 13.9. The first kappa shape index (κ1) is 19.3. The van der Waals surface area contributed by atoms with Crippen LogP contribution in [0, 0.1) is 12.7 Å². The molecule has 29 heavy (non-hydrogen) atoms. The lowest BCUT2D eigenvalue weighted by atomic mass is 10.1. The molecule has 1 aromatic heterocycles. The number of hydrogen-bond acceptors (Lipinski definition) is 3. The van der Waals surface area contributed by atoms with E-state index < -0.39 is 11.7 Å². The fourth-order valence-corrected chi connectivity index (χ4v) is 4.14. The van der Waals surface area contributed by atoms with Gasteiger partial charge in [0.05, 0.1) is 16.3 Å². The number of carbonyl (C=O) groups excluding carboxylic acids is 1. The molecule has 0 bridgehead atoms. The Morgan fingerprint density at radius 1 is 1.03 bits per heavy atom. The Kier molecular flexibility index (Phi) is 5.43. The molecule has 0 spiro atoms. The summed E-state index contributed by atoms with van der Waals surface area (Å²) in [5.41, 5.74) is 4.48. The minimum absolute atomic E-state index is 0.0744. The Morgan fingerprint density at radius 3 is 2.52 bits per heavy atom. The minimum atomic E-state index is -0.655. The molecule has 0 aliphatic rings. The van der Waals surface area contributed by atoms with Crippen LogP contribution in [-0.2, 0) is 0 Å². The number of carbonyl (C=O) groups is 1. The highest BCUT2D eigenvalue weighted by Crippen LogP contribution is 2.31. The Labute approximate surface area is 176 Å². The monoisotopic (exact) mass is 422 g/mol. The van der Waals surface area contributed by atoms with Gasteiger partial charge in [-0.1, -0.05) is 54.1 Å². The van der Waals surface area contributed by atoms with Crippen molar-refractivity contribution in [2.24, 2.45) is 0 Å². The molecule has 0 aliphatic carbocycles. The summed E-state index contributed by atoms with van der Waals surface area (Å²) in [6, 6.07) is 19.5. The van der Waals surface area contributed by atoms with Crippen molar-refractivity contribution in [1.82, 2.24) is 4.98 Å². The van der Waals surface area contributed by atoms with E-state index in [-0.39, 0.29) is 10.6 Å². The Balaban J connectivity index is 1.53. The van der Waals surface area contributed by atoms with Gasteiger partial charge < -0.3 is 5.32 Å².